The maximum Gasteiger partial charge on any atom is 0.212 e. The minimum atomic E-state index is 1.13. The monoisotopic (exact) mass is 426 g/mol. The van der Waals surface area contributed by atoms with E-state index in [1.165, 1.54) is 84.6 Å². The molecule has 0 N–H and O–H groups in total. The predicted molar refractivity (Wildman–Crippen MR) is 135 cm³/mol. The van der Waals surface area contributed by atoms with Crippen LogP contribution < -0.4 is 9.13 Å². The Labute approximate surface area is 193 Å². The van der Waals surface area contributed by atoms with Crippen molar-refractivity contribution in [2.24, 2.45) is 0 Å². The zero-order valence-corrected chi connectivity index (χ0v) is 19.9. The second kappa shape index (κ2) is 11.2. The van der Waals surface area contributed by atoms with Crippen molar-refractivity contribution in [3.05, 3.63) is 84.2 Å². The average molecular weight is 427 g/mol. The Hall–Kier alpha value is -2.74. The molecule has 166 valence electrons. The van der Waals surface area contributed by atoms with E-state index < -0.39 is 0 Å². The van der Waals surface area contributed by atoms with E-state index in [-0.39, 0.29) is 0 Å². The van der Waals surface area contributed by atoms with E-state index in [9.17, 15) is 0 Å². The smallest absolute Gasteiger partial charge is 0.196 e. The molecule has 0 amide bonds. The maximum atomic E-state index is 2.49. The number of pyridine rings is 2. The van der Waals surface area contributed by atoms with E-state index in [2.05, 4.69) is 95.8 Å². The topological polar surface area (TPSA) is 7.76 Å². The molecule has 32 heavy (non-hydrogen) atoms. The molecular weight excluding hydrogens is 388 g/mol. The average Bonchev–Trinajstić information content (AvgIpc) is 2.82. The number of rotatable bonds is 11. The van der Waals surface area contributed by atoms with Gasteiger partial charge in [-0.25, -0.2) is 0 Å². The molecule has 4 aromatic rings. The van der Waals surface area contributed by atoms with Gasteiger partial charge in [0.25, 0.3) is 0 Å². The maximum absolute atomic E-state index is 2.49. The largest absolute Gasteiger partial charge is 0.212 e. The fourth-order valence-electron chi connectivity index (χ4n) is 4.92. The van der Waals surface area contributed by atoms with Crippen LogP contribution in [-0.2, 0) is 13.1 Å². The number of nitrogens with zero attached hydrogens (tertiary/aromatic N) is 2. The van der Waals surface area contributed by atoms with E-state index in [1.807, 2.05) is 0 Å². The first kappa shape index (κ1) is 22.5. The SMILES string of the molecule is Cc1ccc2ccccc2[n+]1CCCCCCCCCC[n+]1c(C)ccc2ccccc21. The lowest BCUT2D eigenvalue weighted by molar-refractivity contribution is -0.678. The standard InChI is InChI=1S/C30H38N2/c1-25-19-21-27-15-9-11-17-29(27)31(25)23-13-7-5-3-4-6-8-14-24-32-26(2)20-22-28-16-10-12-18-30(28)32/h9-12,15-22H,3-8,13-14,23-24H2,1-2H3/q+2. The molecule has 2 aromatic carbocycles. The van der Waals surface area contributed by atoms with Crippen LogP contribution in [0.25, 0.3) is 21.8 Å². The van der Waals surface area contributed by atoms with Crippen LogP contribution in [0.4, 0.5) is 0 Å². The third kappa shape index (κ3) is 5.54. The van der Waals surface area contributed by atoms with Crippen LogP contribution >= 0.6 is 0 Å². The van der Waals surface area contributed by atoms with Gasteiger partial charge in [-0.15, -0.1) is 0 Å². The van der Waals surface area contributed by atoms with Crippen molar-refractivity contribution in [1.29, 1.82) is 0 Å². The molecule has 2 aromatic heterocycles. The van der Waals surface area contributed by atoms with Gasteiger partial charge in [0, 0.05) is 61.7 Å². The highest BCUT2D eigenvalue weighted by Gasteiger charge is 2.12. The molecule has 0 atom stereocenters. The normalized spacial score (nSPS) is 11.4. The van der Waals surface area contributed by atoms with Crippen LogP contribution in [0.2, 0.25) is 0 Å². The molecule has 0 aliphatic heterocycles. The first-order valence-corrected chi connectivity index (χ1v) is 12.5. The fourth-order valence-corrected chi connectivity index (χ4v) is 4.92. The van der Waals surface area contributed by atoms with Gasteiger partial charge in [0.2, 0.25) is 11.0 Å². The van der Waals surface area contributed by atoms with Crippen molar-refractivity contribution < 1.29 is 9.13 Å². The third-order valence-electron chi connectivity index (χ3n) is 6.83. The predicted octanol–water partition coefficient (Wildman–Crippen LogP) is 7.01. The molecule has 0 unspecified atom stereocenters. The van der Waals surface area contributed by atoms with Crippen molar-refractivity contribution in [3.63, 3.8) is 0 Å². The Kier molecular flexibility index (Phi) is 7.87. The molecular formula is C30H38N2+2. The summed E-state index contributed by atoms with van der Waals surface area (Å²) < 4.78 is 4.98. The second-order valence-electron chi connectivity index (χ2n) is 9.20. The van der Waals surface area contributed by atoms with Crippen LogP contribution in [0.3, 0.4) is 0 Å². The lowest BCUT2D eigenvalue weighted by atomic mass is 10.1. The van der Waals surface area contributed by atoms with Crippen LogP contribution in [0.5, 0.6) is 0 Å². The number of aromatic nitrogens is 2. The molecule has 0 saturated heterocycles. The lowest BCUT2D eigenvalue weighted by Gasteiger charge is -2.06. The second-order valence-corrected chi connectivity index (χ2v) is 9.20. The highest BCUT2D eigenvalue weighted by molar-refractivity contribution is 5.75. The summed E-state index contributed by atoms with van der Waals surface area (Å²) in [4.78, 5) is 0. The summed E-state index contributed by atoms with van der Waals surface area (Å²) in [5, 5.41) is 2.69. The zero-order chi connectivity index (χ0) is 22.2. The highest BCUT2D eigenvalue weighted by atomic mass is 15.0. The molecule has 0 bridgehead atoms. The van der Waals surface area contributed by atoms with Gasteiger partial charge in [-0.2, -0.15) is 9.13 Å². The lowest BCUT2D eigenvalue weighted by Crippen LogP contribution is -2.37. The van der Waals surface area contributed by atoms with E-state index in [0.29, 0.717) is 0 Å². The summed E-state index contributed by atoms with van der Waals surface area (Å²) in [6, 6.07) is 26.5. The molecule has 0 aliphatic rings. The van der Waals surface area contributed by atoms with E-state index in [0.717, 1.165) is 13.1 Å². The van der Waals surface area contributed by atoms with Gasteiger partial charge in [-0.3, -0.25) is 0 Å². The van der Waals surface area contributed by atoms with Gasteiger partial charge in [0.1, 0.15) is 13.1 Å². The Bertz CT molecular complexity index is 1070. The van der Waals surface area contributed by atoms with E-state index in [4.69, 9.17) is 0 Å². The van der Waals surface area contributed by atoms with E-state index in [1.54, 1.807) is 0 Å². The summed E-state index contributed by atoms with van der Waals surface area (Å²) in [5.41, 5.74) is 5.46. The molecule has 4 rings (SSSR count). The first-order valence-electron chi connectivity index (χ1n) is 12.5. The van der Waals surface area contributed by atoms with Gasteiger partial charge in [0.15, 0.2) is 11.4 Å². The molecule has 2 heteroatoms. The van der Waals surface area contributed by atoms with Crippen LogP contribution in [0.15, 0.2) is 72.8 Å². The van der Waals surface area contributed by atoms with Gasteiger partial charge in [-0.05, 0) is 37.1 Å². The Morgan fingerprint density at radius 1 is 0.438 bits per heavy atom. The molecule has 0 radical (unpaired) electrons. The van der Waals surface area contributed by atoms with Crippen molar-refractivity contribution >= 4 is 21.8 Å². The van der Waals surface area contributed by atoms with Gasteiger partial charge >= 0.3 is 0 Å². The van der Waals surface area contributed by atoms with Crippen molar-refractivity contribution in [1.82, 2.24) is 0 Å². The zero-order valence-electron chi connectivity index (χ0n) is 19.9. The minimum absolute atomic E-state index is 1.13. The van der Waals surface area contributed by atoms with Crippen LogP contribution in [0, 0.1) is 13.8 Å². The van der Waals surface area contributed by atoms with Crippen molar-refractivity contribution in [2.45, 2.75) is 78.3 Å². The van der Waals surface area contributed by atoms with Gasteiger partial charge in [-0.1, -0.05) is 49.9 Å². The fraction of sp³-hybridized carbons (Fsp3) is 0.400. The van der Waals surface area contributed by atoms with Gasteiger partial charge in [0.05, 0.1) is 0 Å². The van der Waals surface area contributed by atoms with Crippen molar-refractivity contribution in [2.75, 3.05) is 0 Å². The summed E-state index contributed by atoms with van der Waals surface area (Å²) in [6.45, 7) is 6.72. The van der Waals surface area contributed by atoms with Crippen LogP contribution in [-0.4, -0.2) is 0 Å². The number of hydrogen-bond acceptors (Lipinski definition) is 0. The Balaban J connectivity index is 1.12. The number of aryl methyl sites for hydroxylation is 4. The molecule has 2 nitrogen and oxygen atoms in total. The minimum Gasteiger partial charge on any atom is -0.196 e. The molecule has 2 heterocycles. The Morgan fingerprint density at radius 3 is 1.25 bits per heavy atom. The Morgan fingerprint density at radius 2 is 0.812 bits per heavy atom. The summed E-state index contributed by atoms with van der Waals surface area (Å²) in [6.07, 6.45) is 10.7. The summed E-state index contributed by atoms with van der Waals surface area (Å²) >= 11 is 0. The number of fused-ring (bicyclic) bond motifs is 2. The van der Waals surface area contributed by atoms with Crippen molar-refractivity contribution in [3.8, 4) is 0 Å². The quantitative estimate of drug-likeness (QED) is 0.180. The summed E-state index contributed by atoms with van der Waals surface area (Å²) in [7, 11) is 0. The van der Waals surface area contributed by atoms with E-state index >= 15 is 0 Å². The third-order valence-corrected chi connectivity index (χ3v) is 6.83. The summed E-state index contributed by atoms with van der Waals surface area (Å²) in [5.74, 6) is 0. The molecule has 0 spiro atoms. The molecule has 0 saturated carbocycles. The van der Waals surface area contributed by atoms with Gasteiger partial charge < -0.3 is 0 Å². The first-order chi connectivity index (χ1) is 15.7. The number of hydrogen-bond donors (Lipinski definition) is 0. The molecule has 0 fully saturated rings. The highest BCUT2D eigenvalue weighted by Crippen LogP contribution is 2.14. The number of benzene rings is 2. The number of para-hydroxylation sites is 2. The van der Waals surface area contributed by atoms with Crippen LogP contribution in [0.1, 0.15) is 62.8 Å². The number of unbranched alkanes of at least 4 members (excludes halogenated alkanes) is 7. The molecule has 0 aliphatic carbocycles.